The molecule has 1 amide bonds. The summed E-state index contributed by atoms with van der Waals surface area (Å²) in [4.78, 5) is 29.6. The van der Waals surface area contributed by atoms with E-state index in [1.54, 1.807) is 0 Å². The number of carbonyl (C=O) groups is 1. The number of phosphoric ester groups is 1. The molecule has 112 valence electrons. The van der Waals surface area contributed by atoms with Crippen molar-refractivity contribution in [3.63, 3.8) is 0 Å². The molecule has 0 spiro atoms. The van der Waals surface area contributed by atoms with E-state index in [-0.39, 0.29) is 29.6 Å². The van der Waals surface area contributed by atoms with Crippen LogP contribution in [0.25, 0.3) is 0 Å². The van der Waals surface area contributed by atoms with Gasteiger partial charge in [0.1, 0.15) is 24.4 Å². The van der Waals surface area contributed by atoms with Crippen molar-refractivity contribution >= 4 is 13.7 Å². The standard InChI is InChI=1S/C8H16NO9P.Na/c1-3(10)9-5-7(12)6(11)4(18-8(5)13)2-17-19(14,15)16;/h4-8,11-13H,2H2,1H3,(H,9,10)(H2,14,15,16);/q;+1/p-1/t4-,5-,6-,7-,8?;/m1./s1. The van der Waals surface area contributed by atoms with E-state index in [2.05, 4.69) is 9.84 Å². The van der Waals surface area contributed by atoms with Crippen LogP contribution >= 0.6 is 7.82 Å². The van der Waals surface area contributed by atoms with Crippen molar-refractivity contribution in [2.45, 2.75) is 37.6 Å². The summed E-state index contributed by atoms with van der Waals surface area (Å²) < 4.78 is 19.2. The van der Waals surface area contributed by atoms with Crippen LogP contribution in [0.4, 0.5) is 0 Å². The van der Waals surface area contributed by atoms with Gasteiger partial charge in [0.2, 0.25) is 5.91 Å². The number of aliphatic hydroxyl groups is 3. The molecular formula is C8H15NNaO9P. The topological polar surface area (TPSA) is 169 Å². The van der Waals surface area contributed by atoms with E-state index in [1.165, 1.54) is 0 Å². The smallest absolute Gasteiger partial charge is 0.756 e. The molecule has 0 aliphatic carbocycles. The Bertz CT molecular complexity index is 377. The molecule has 6 atom stereocenters. The Kier molecular flexibility index (Phi) is 8.33. The second kappa shape index (κ2) is 8.16. The van der Waals surface area contributed by atoms with E-state index in [9.17, 15) is 29.6 Å². The zero-order chi connectivity index (χ0) is 14.8. The minimum Gasteiger partial charge on any atom is -0.756 e. The van der Waals surface area contributed by atoms with Crippen LogP contribution in [0.15, 0.2) is 0 Å². The third-order valence-electron chi connectivity index (χ3n) is 2.49. The summed E-state index contributed by atoms with van der Waals surface area (Å²) in [6, 6.07) is -1.27. The molecule has 1 fully saturated rings. The maximum absolute atomic E-state index is 10.8. The van der Waals surface area contributed by atoms with Crippen molar-refractivity contribution in [2.75, 3.05) is 6.61 Å². The molecule has 0 saturated carbocycles. The fourth-order valence-corrected chi connectivity index (χ4v) is 1.98. The fraction of sp³-hybridized carbons (Fsp3) is 0.875. The van der Waals surface area contributed by atoms with Gasteiger partial charge in [-0.05, 0) is 0 Å². The summed E-state index contributed by atoms with van der Waals surface area (Å²) in [7, 11) is -5.01. The fourth-order valence-electron chi connectivity index (χ4n) is 1.64. The molecule has 1 aliphatic heterocycles. The number of rotatable bonds is 4. The van der Waals surface area contributed by atoms with E-state index in [4.69, 9.17) is 9.63 Å². The number of carbonyl (C=O) groups excluding carboxylic acids is 1. The third-order valence-corrected chi connectivity index (χ3v) is 2.97. The molecule has 0 aromatic carbocycles. The molecule has 0 aromatic heterocycles. The number of hydrogen-bond acceptors (Lipinski definition) is 8. The molecule has 0 bridgehead atoms. The first-order valence-electron chi connectivity index (χ1n) is 5.27. The maximum atomic E-state index is 10.8. The second-order valence-electron chi connectivity index (χ2n) is 4.04. The predicted octanol–water partition coefficient (Wildman–Crippen LogP) is -6.59. The Balaban J connectivity index is 0.00000361. The molecule has 20 heavy (non-hydrogen) atoms. The summed E-state index contributed by atoms with van der Waals surface area (Å²) in [6.45, 7) is 0.347. The first-order chi connectivity index (χ1) is 8.61. The van der Waals surface area contributed by atoms with Crippen molar-refractivity contribution in [3.8, 4) is 0 Å². The van der Waals surface area contributed by atoms with Gasteiger partial charge in [0.25, 0.3) is 7.82 Å². The summed E-state index contributed by atoms with van der Waals surface area (Å²) in [5.41, 5.74) is 0. The summed E-state index contributed by atoms with van der Waals surface area (Å²) >= 11 is 0. The number of amides is 1. The monoisotopic (exact) mass is 323 g/mol. The largest absolute Gasteiger partial charge is 1.00 e. The Morgan fingerprint density at radius 3 is 2.40 bits per heavy atom. The molecule has 1 rings (SSSR count). The molecule has 2 unspecified atom stereocenters. The van der Waals surface area contributed by atoms with Crippen LogP contribution < -0.4 is 39.8 Å². The van der Waals surface area contributed by atoms with Gasteiger partial charge >= 0.3 is 29.6 Å². The minimum atomic E-state index is -5.01. The van der Waals surface area contributed by atoms with Gasteiger partial charge in [-0.25, -0.2) is 0 Å². The Hall–Kier alpha value is 0.420. The molecule has 5 N–H and O–H groups in total. The van der Waals surface area contributed by atoms with Crippen LogP contribution in [0.5, 0.6) is 0 Å². The summed E-state index contributed by atoms with van der Waals surface area (Å²) in [5, 5.41) is 31.0. The predicted molar refractivity (Wildman–Crippen MR) is 56.3 cm³/mol. The zero-order valence-corrected chi connectivity index (χ0v) is 13.8. The van der Waals surface area contributed by atoms with Crippen LogP contribution in [0.3, 0.4) is 0 Å². The Morgan fingerprint density at radius 2 is 1.95 bits per heavy atom. The molecule has 1 saturated heterocycles. The van der Waals surface area contributed by atoms with Crippen LogP contribution in [0, 0.1) is 0 Å². The molecular weight excluding hydrogens is 308 g/mol. The molecule has 1 heterocycles. The second-order valence-corrected chi connectivity index (χ2v) is 5.23. The van der Waals surface area contributed by atoms with E-state index >= 15 is 0 Å². The average Bonchev–Trinajstić information content (AvgIpc) is 2.26. The quantitative estimate of drug-likeness (QED) is 0.249. The maximum Gasteiger partial charge on any atom is 1.00 e. The van der Waals surface area contributed by atoms with Gasteiger partial charge in [-0.2, -0.15) is 0 Å². The van der Waals surface area contributed by atoms with Crippen molar-refractivity contribution < 1.29 is 73.3 Å². The molecule has 12 heteroatoms. The van der Waals surface area contributed by atoms with Crippen molar-refractivity contribution in [3.05, 3.63) is 0 Å². The Labute approximate surface area is 136 Å². The third kappa shape index (κ3) is 6.04. The van der Waals surface area contributed by atoms with Crippen LogP contribution in [0.1, 0.15) is 6.92 Å². The van der Waals surface area contributed by atoms with Crippen LogP contribution in [-0.2, 0) is 18.6 Å². The van der Waals surface area contributed by atoms with Gasteiger partial charge < -0.3 is 39.7 Å². The van der Waals surface area contributed by atoms with Gasteiger partial charge in [0.15, 0.2) is 6.29 Å². The summed E-state index contributed by atoms with van der Waals surface area (Å²) in [6.07, 6.45) is -6.26. The Morgan fingerprint density at radius 1 is 1.40 bits per heavy atom. The summed E-state index contributed by atoms with van der Waals surface area (Å²) in [5.74, 6) is -0.562. The van der Waals surface area contributed by atoms with Crippen molar-refractivity contribution in [1.29, 1.82) is 0 Å². The molecule has 0 radical (unpaired) electrons. The first-order valence-corrected chi connectivity index (χ1v) is 6.76. The van der Waals surface area contributed by atoms with Crippen LogP contribution in [0.2, 0.25) is 0 Å². The molecule has 10 nitrogen and oxygen atoms in total. The van der Waals surface area contributed by atoms with E-state index < -0.39 is 51.0 Å². The van der Waals surface area contributed by atoms with Crippen molar-refractivity contribution in [1.82, 2.24) is 5.32 Å². The zero-order valence-electron chi connectivity index (χ0n) is 10.9. The van der Waals surface area contributed by atoms with E-state index in [1.807, 2.05) is 0 Å². The average molecular weight is 323 g/mol. The molecule has 0 aromatic rings. The normalized spacial score (nSPS) is 36.6. The van der Waals surface area contributed by atoms with Crippen LogP contribution in [-0.4, -0.2) is 63.4 Å². The van der Waals surface area contributed by atoms with Gasteiger partial charge in [0, 0.05) is 6.92 Å². The SMILES string of the molecule is CC(=O)N[C@H]1C(O)O[C@H](COP(=O)([O-])O)[C@@H](O)[C@@H]1O.[Na+]. The number of aliphatic hydroxyl groups excluding tert-OH is 3. The van der Waals surface area contributed by atoms with Gasteiger partial charge in [0.05, 0.1) is 6.61 Å². The number of hydrogen-bond donors (Lipinski definition) is 5. The molecule has 1 aliphatic rings. The number of nitrogens with one attached hydrogen (secondary N) is 1. The van der Waals surface area contributed by atoms with Gasteiger partial charge in [-0.1, -0.05) is 0 Å². The minimum absolute atomic E-state index is 0. The van der Waals surface area contributed by atoms with E-state index in [0.29, 0.717) is 0 Å². The number of ether oxygens (including phenoxy) is 1. The number of phosphoric acid groups is 1. The van der Waals surface area contributed by atoms with E-state index in [0.717, 1.165) is 6.92 Å². The first kappa shape index (κ1) is 20.4. The van der Waals surface area contributed by atoms with Gasteiger partial charge in [-0.3, -0.25) is 9.36 Å². The van der Waals surface area contributed by atoms with Crippen molar-refractivity contribution in [2.24, 2.45) is 0 Å². The van der Waals surface area contributed by atoms with Gasteiger partial charge in [-0.15, -0.1) is 0 Å².